The van der Waals surface area contributed by atoms with Crippen molar-refractivity contribution in [1.82, 2.24) is 5.32 Å². The van der Waals surface area contributed by atoms with Gasteiger partial charge in [-0.15, -0.1) is 0 Å². The number of hydrogen-bond donors (Lipinski definition) is 1. The van der Waals surface area contributed by atoms with Crippen molar-refractivity contribution in [2.75, 3.05) is 6.54 Å². The van der Waals surface area contributed by atoms with E-state index in [1.54, 1.807) is 0 Å². The lowest BCUT2D eigenvalue weighted by Crippen LogP contribution is -2.20. The van der Waals surface area contributed by atoms with Crippen molar-refractivity contribution in [3.63, 3.8) is 0 Å². The number of hydrogen-bond acceptors (Lipinski definition) is 3. The first-order valence-electron chi connectivity index (χ1n) is 6.97. The summed E-state index contributed by atoms with van der Waals surface area (Å²) in [5.41, 5.74) is 2.15. The van der Waals surface area contributed by atoms with Crippen molar-refractivity contribution < 1.29 is 8.83 Å². The van der Waals surface area contributed by atoms with Gasteiger partial charge in [0.05, 0.1) is 0 Å². The standard InChI is InChI=1S/C17H19NO2/c1-4-18-17(15-8-6-12(3)19-15)16-10-13-9-11(2)5-7-14(13)20-16/h5-10,17-18H,4H2,1-3H3. The van der Waals surface area contributed by atoms with E-state index in [0.29, 0.717) is 0 Å². The summed E-state index contributed by atoms with van der Waals surface area (Å²) in [6.07, 6.45) is 0. The molecule has 3 rings (SSSR count). The molecule has 0 aliphatic carbocycles. The fraction of sp³-hybridized carbons (Fsp3) is 0.294. The summed E-state index contributed by atoms with van der Waals surface area (Å²) in [6, 6.07) is 12.3. The van der Waals surface area contributed by atoms with E-state index < -0.39 is 0 Å². The van der Waals surface area contributed by atoms with E-state index in [-0.39, 0.29) is 6.04 Å². The van der Waals surface area contributed by atoms with Crippen LogP contribution in [0.25, 0.3) is 11.0 Å². The monoisotopic (exact) mass is 269 g/mol. The van der Waals surface area contributed by atoms with Gasteiger partial charge in [-0.05, 0) is 50.7 Å². The summed E-state index contributed by atoms with van der Waals surface area (Å²) in [5.74, 6) is 2.69. The number of rotatable bonds is 4. The summed E-state index contributed by atoms with van der Waals surface area (Å²) < 4.78 is 11.7. The van der Waals surface area contributed by atoms with Crippen LogP contribution in [0.15, 0.2) is 45.2 Å². The van der Waals surface area contributed by atoms with E-state index in [1.165, 1.54) is 5.56 Å². The first-order chi connectivity index (χ1) is 9.67. The van der Waals surface area contributed by atoms with Crippen molar-refractivity contribution >= 4 is 11.0 Å². The average molecular weight is 269 g/mol. The third kappa shape index (κ3) is 2.37. The van der Waals surface area contributed by atoms with Gasteiger partial charge in [-0.1, -0.05) is 18.6 Å². The Morgan fingerprint density at radius 2 is 1.85 bits per heavy atom. The maximum atomic E-state index is 5.98. The molecule has 2 aromatic heterocycles. The normalized spacial score (nSPS) is 12.9. The Kier molecular flexibility index (Phi) is 3.36. The molecule has 3 aromatic rings. The highest BCUT2D eigenvalue weighted by Crippen LogP contribution is 2.29. The molecular formula is C17H19NO2. The maximum Gasteiger partial charge on any atom is 0.134 e. The molecule has 2 heterocycles. The van der Waals surface area contributed by atoms with Crippen LogP contribution in [0.2, 0.25) is 0 Å². The van der Waals surface area contributed by atoms with Gasteiger partial charge in [-0.25, -0.2) is 0 Å². The van der Waals surface area contributed by atoms with Crippen LogP contribution < -0.4 is 5.32 Å². The van der Waals surface area contributed by atoms with Crippen LogP contribution in [0.1, 0.15) is 35.8 Å². The number of benzene rings is 1. The molecule has 0 radical (unpaired) electrons. The predicted octanol–water partition coefficient (Wildman–Crippen LogP) is 4.34. The van der Waals surface area contributed by atoms with Crippen LogP contribution in [0.4, 0.5) is 0 Å². The fourth-order valence-electron chi connectivity index (χ4n) is 2.48. The molecule has 0 aliphatic heterocycles. The van der Waals surface area contributed by atoms with Crippen LogP contribution >= 0.6 is 0 Å². The molecule has 104 valence electrons. The van der Waals surface area contributed by atoms with E-state index in [2.05, 4.69) is 37.4 Å². The predicted molar refractivity (Wildman–Crippen MR) is 79.9 cm³/mol. The number of fused-ring (bicyclic) bond motifs is 1. The summed E-state index contributed by atoms with van der Waals surface area (Å²) in [5, 5.41) is 4.55. The molecular weight excluding hydrogens is 250 g/mol. The van der Waals surface area contributed by atoms with Gasteiger partial charge >= 0.3 is 0 Å². The minimum absolute atomic E-state index is 0.0404. The van der Waals surface area contributed by atoms with Gasteiger partial charge in [0, 0.05) is 5.39 Å². The molecule has 0 bridgehead atoms. The highest BCUT2D eigenvalue weighted by molar-refractivity contribution is 5.78. The quantitative estimate of drug-likeness (QED) is 0.765. The van der Waals surface area contributed by atoms with E-state index in [9.17, 15) is 0 Å². The molecule has 0 fully saturated rings. The molecule has 1 aromatic carbocycles. The van der Waals surface area contributed by atoms with Crippen molar-refractivity contribution in [3.05, 3.63) is 59.2 Å². The zero-order valence-corrected chi connectivity index (χ0v) is 12.1. The Labute approximate surface area is 118 Å². The van der Waals surface area contributed by atoms with Gasteiger partial charge in [-0.2, -0.15) is 0 Å². The van der Waals surface area contributed by atoms with Gasteiger partial charge < -0.3 is 14.2 Å². The fourth-order valence-corrected chi connectivity index (χ4v) is 2.48. The van der Waals surface area contributed by atoms with Crippen LogP contribution in [0.3, 0.4) is 0 Å². The number of nitrogens with one attached hydrogen (secondary N) is 1. The Bertz CT molecular complexity index is 724. The first kappa shape index (κ1) is 13.0. The average Bonchev–Trinajstić information content (AvgIpc) is 3.01. The van der Waals surface area contributed by atoms with Crippen molar-refractivity contribution in [1.29, 1.82) is 0 Å². The molecule has 0 aliphatic rings. The topological polar surface area (TPSA) is 38.3 Å². The molecule has 0 spiro atoms. The lowest BCUT2D eigenvalue weighted by Gasteiger charge is -2.12. The largest absolute Gasteiger partial charge is 0.464 e. The minimum atomic E-state index is -0.0404. The van der Waals surface area contributed by atoms with Crippen LogP contribution in [0.5, 0.6) is 0 Å². The Morgan fingerprint density at radius 1 is 1.00 bits per heavy atom. The van der Waals surface area contributed by atoms with E-state index >= 15 is 0 Å². The highest BCUT2D eigenvalue weighted by Gasteiger charge is 2.20. The molecule has 1 atom stereocenters. The third-order valence-electron chi connectivity index (χ3n) is 3.43. The summed E-state index contributed by atoms with van der Waals surface area (Å²) >= 11 is 0. The first-order valence-corrected chi connectivity index (χ1v) is 6.97. The Morgan fingerprint density at radius 3 is 2.55 bits per heavy atom. The second-order valence-corrected chi connectivity index (χ2v) is 5.13. The second-order valence-electron chi connectivity index (χ2n) is 5.13. The summed E-state index contributed by atoms with van der Waals surface area (Å²) in [6.45, 7) is 6.97. The molecule has 1 unspecified atom stereocenters. The second kappa shape index (κ2) is 5.17. The smallest absolute Gasteiger partial charge is 0.134 e. The highest BCUT2D eigenvalue weighted by atomic mass is 16.4. The molecule has 20 heavy (non-hydrogen) atoms. The summed E-state index contributed by atoms with van der Waals surface area (Å²) in [7, 11) is 0. The van der Waals surface area contributed by atoms with Gasteiger partial charge in [0.25, 0.3) is 0 Å². The van der Waals surface area contributed by atoms with Crippen LogP contribution in [-0.2, 0) is 0 Å². The van der Waals surface area contributed by atoms with E-state index in [1.807, 2.05) is 25.1 Å². The Hall–Kier alpha value is -2.00. The maximum absolute atomic E-state index is 5.98. The minimum Gasteiger partial charge on any atom is -0.464 e. The van der Waals surface area contributed by atoms with E-state index in [4.69, 9.17) is 8.83 Å². The van der Waals surface area contributed by atoms with Gasteiger partial charge in [0.1, 0.15) is 28.9 Å². The van der Waals surface area contributed by atoms with E-state index in [0.717, 1.165) is 34.8 Å². The molecule has 0 saturated heterocycles. The molecule has 0 saturated carbocycles. The van der Waals surface area contributed by atoms with Gasteiger partial charge in [0.15, 0.2) is 0 Å². The lowest BCUT2D eigenvalue weighted by molar-refractivity contribution is 0.394. The van der Waals surface area contributed by atoms with Crippen LogP contribution in [0, 0.1) is 13.8 Å². The molecule has 1 N–H and O–H groups in total. The zero-order chi connectivity index (χ0) is 14.1. The molecule has 3 nitrogen and oxygen atoms in total. The van der Waals surface area contributed by atoms with Crippen LogP contribution in [-0.4, -0.2) is 6.54 Å². The number of furan rings is 2. The van der Waals surface area contributed by atoms with Gasteiger partial charge in [-0.3, -0.25) is 0 Å². The van der Waals surface area contributed by atoms with Crippen molar-refractivity contribution in [2.45, 2.75) is 26.8 Å². The Balaban J connectivity index is 2.04. The molecule has 0 amide bonds. The third-order valence-corrected chi connectivity index (χ3v) is 3.43. The SMILES string of the molecule is CCNC(c1ccc(C)o1)c1cc2cc(C)ccc2o1. The number of aryl methyl sites for hydroxylation is 2. The summed E-state index contributed by atoms with van der Waals surface area (Å²) in [4.78, 5) is 0. The molecule has 3 heteroatoms. The zero-order valence-electron chi connectivity index (χ0n) is 12.1. The van der Waals surface area contributed by atoms with Gasteiger partial charge in [0.2, 0.25) is 0 Å². The van der Waals surface area contributed by atoms with Crippen molar-refractivity contribution in [3.8, 4) is 0 Å². The lowest BCUT2D eigenvalue weighted by atomic mass is 10.1. The van der Waals surface area contributed by atoms with Crippen molar-refractivity contribution in [2.24, 2.45) is 0 Å².